The fourth-order valence-corrected chi connectivity index (χ4v) is 2.65. The third-order valence-corrected chi connectivity index (χ3v) is 3.80. The van der Waals surface area contributed by atoms with E-state index in [0.717, 1.165) is 16.1 Å². The average molecular weight is 233 g/mol. The van der Waals surface area contributed by atoms with Crippen molar-refractivity contribution in [1.29, 1.82) is 0 Å². The van der Waals surface area contributed by atoms with Crippen LogP contribution in [0.25, 0.3) is 11.3 Å². The first-order valence-corrected chi connectivity index (χ1v) is 6.20. The van der Waals surface area contributed by atoms with Gasteiger partial charge in [0.25, 0.3) is 0 Å². The monoisotopic (exact) mass is 233 g/mol. The lowest BCUT2D eigenvalue weighted by molar-refractivity contribution is 0.887. The Bertz CT molecular complexity index is 551. The summed E-state index contributed by atoms with van der Waals surface area (Å²) in [6, 6.07) is 8.13. The number of hydrogen-bond acceptors (Lipinski definition) is 2. The van der Waals surface area contributed by atoms with E-state index in [1.807, 2.05) is 12.1 Å². The standard InChI is InChI=1S/C13H15NOS/c1-8(2)12-11(14-13(15)16-12)10-7-5-4-6-9(10)3/h4-8H,1-3H3,(H,14,15). The van der Waals surface area contributed by atoms with E-state index in [9.17, 15) is 4.79 Å². The van der Waals surface area contributed by atoms with Crippen LogP contribution in [0.3, 0.4) is 0 Å². The zero-order valence-electron chi connectivity index (χ0n) is 9.70. The maximum absolute atomic E-state index is 11.5. The predicted molar refractivity (Wildman–Crippen MR) is 69.2 cm³/mol. The first kappa shape index (κ1) is 11.1. The Labute approximate surface area is 99.0 Å². The molecule has 0 amide bonds. The molecule has 2 rings (SSSR count). The Kier molecular flexibility index (Phi) is 2.97. The largest absolute Gasteiger partial charge is 0.312 e. The van der Waals surface area contributed by atoms with E-state index in [-0.39, 0.29) is 4.87 Å². The molecule has 16 heavy (non-hydrogen) atoms. The Morgan fingerprint density at radius 1 is 1.25 bits per heavy atom. The van der Waals surface area contributed by atoms with Gasteiger partial charge in [-0.25, -0.2) is 0 Å². The highest BCUT2D eigenvalue weighted by Crippen LogP contribution is 2.30. The van der Waals surface area contributed by atoms with Gasteiger partial charge in [0.05, 0.1) is 5.69 Å². The summed E-state index contributed by atoms with van der Waals surface area (Å²) >= 11 is 1.31. The molecule has 0 aliphatic heterocycles. The molecule has 0 saturated carbocycles. The van der Waals surface area contributed by atoms with Gasteiger partial charge in [-0.15, -0.1) is 0 Å². The zero-order chi connectivity index (χ0) is 11.7. The minimum absolute atomic E-state index is 0.0296. The van der Waals surface area contributed by atoms with Crippen molar-refractivity contribution in [3.63, 3.8) is 0 Å². The highest BCUT2D eigenvalue weighted by Gasteiger charge is 2.14. The van der Waals surface area contributed by atoms with E-state index in [1.165, 1.54) is 16.9 Å². The van der Waals surface area contributed by atoms with Gasteiger partial charge in [-0.1, -0.05) is 49.4 Å². The fourth-order valence-electron chi connectivity index (χ4n) is 1.80. The maximum Gasteiger partial charge on any atom is 0.305 e. The van der Waals surface area contributed by atoms with Gasteiger partial charge in [0.15, 0.2) is 0 Å². The summed E-state index contributed by atoms with van der Waals surface area (Å²) in [6.45, 7) is 6.29. The molecule has 3 heteroatoms. The van der Waals surface area contributed by atoms with Crippen molar-refractivity contribution in [2.75, 3.05) is 0 Å². The molecule has 0 atom stereocenters. The lowest BCUT2D eigenvalue weighted by Crippen LogP contribution is -1.94. The van der Waals surface area contributed by atoms with Crippen LogP contribution in [-0.4, -0.2) is 4.98 Å². The van der Waals surface area contributed by atoms with E-state index < -0.39 is 0 Å². The Balaban J connectivity index is 2.64. The van der Waals surface area contributed by atoms with Crippen molar-refractivity contribution in [3.8, 4) is 11.3 Å². The quantitative estimate of drug-likeness (QED) is 0.845. The zero-order valence-corrected chi connectivity index (χ0v) is 10.5. The molecule has 0 radical (unpaired) electrons. The van der Waals surface area contributed by atoms with Crippen LogP contribution in [0.5, 0.6) is 0 Å². The normalized spacial score (nSPS) is 11.0. The SMILES string of the molecule is Cc1ccccc1-c1[nH]c(=O)sc1C(C)C. The van der Waals surface area contributed by atoms with Gasteiger partial charge in [-0.2, -0.15) is 0 Å². The number of H-pyrrole nitrogens is 1. The highest BCUT2D eigenvalue weighted by molar-refractivity contribution is 7.09. The van der Waals surface area contributed by atoms with Crippen LogP contribution in [0, 0.1) is 6.92 Å². The highest BCUT2D eigenvalue weighted by atomic mass is 32.1. The summed E-state index contributed by atoms with van der Waals surface area (Å²) in [6.07, 6.45) is 0. The minimum Gasteiger partial charge on any atom is -0.312 e. The predicted octanol–water partition coefficient (Wildman–Crippen LogP) is 3.54. The van der Waals surface area contributed by atoms with Crippen molar-refractivity contribution >= 4 is 11.3 Å². The summed E-state index contributed by atoms with van der Waals surface area (Å²) < 4.78 is 0. The molecule has 2 aromatic rings. The van der Waals surface area contributed by atoms with E-state index >= 15 is 0 Å². The fraction of sp³-hybridized carbons (Fsp3) is 0.308. The second-order valence-electron chi connectivity index (χ2n) is 4.22. The summed E-state index contributed by atoms with van der Waals surface area (Å²) in [4.78, 5) is 15.6. The Hall–Kier alpha value is -1.35. The first-order valence-electron chi connectivity index (χ1n) is 5.38. The maximum atomic E-state index is 11.5. The number of thiazole rings is 1. The Morgan fingerprint density at radius 2 is 1.94 bits per heavy atom. The van der Waals surface area contributed by atoms with E-state index in [4.69, 9.17) is 0 Å². The van der Waals surface area contributed by atoms with Gasteiger partial charge in [-0.05, 0) is 18.4 Å². The van der Waals surface area contributed by atoms with Crippen LogP contribution in [0.4, 0.5) is 0 Å². The lowest BCUT2D eigenvalue weighted by Gasteiger charge is -2.08. The molecular formula is C13H15NOS. The second-order valence-corrected chi connectivity index (χ2v) is 5.24. The molecule has 1 heterocycles. The lowest BCUT2D eigenvalue weighted by atomic mass is 10.0. The average Bonchev–Trinajstić information content (AvgIpc) is 2.61. The van der Waals surface area contributed by atoms with Crippen molar-refractivity contribution in [3.05, 3.63) is 44.4 Å². The van der Waals surface area contributed by atoms with Gasteiger partial charge in [0.1, 0.15) is 0 Å². The molecule has 2 nitrogen and oxygen atoms in total. The van der Waals surface area contributed by atoms with Crippen LogP contribution in [0.1, 0.15) is 30.2 Å². The molecule has 0 saturated heterocycles. The van der Waals surface area contributed by atoms with Crippen molar-refractivity contribution < 1.29 is 0 Å². The summed E-state index contributed by atoms with van der Waals surface area (Å²) in [5.74, 6) is 0.374. The van der Waals surface area contributed by atoms with E-state index in [2.05, 4.69) is 37.9 Å². The van der Waals surface area contributed by atoms with Crippen LogP contribution < -0.4 is 4.87 Å². The van der Waals surface area contributed by atoms with Crippen molar-refractivity contribution in [2.24, 2.45) is 0 Å². The molecule has 0 spiro atoms. The molecule has 1 N–H and O–H groups in total. The van der Waals surface area contributed by atoms with Gasteiger partial charge >= 0.3 is 4.87 Å². The van der Waals surface area contributed by atoms with Gasteiger partial charge in [-0.3, -0.25) is 4.79 Å². The number of hydrogen-bond donors (Lipinski definition) is 1. The number of benzene rings is 1. The number of nitrogens with one attached hydrogen (secondary N) is 1. The molecule has 84 valence electrons. The molecule has 1 aromatic carbocycles. The van der Waals surface area contributed by atoms with Crippen LogP contribution in [-0.2, 0) is 0 Å². The summed E-state index contributed by atoms with van der Waals surface area (Å²) in [7, 11) is 0. The first-order chi connectivity index (χ1) is 7.59. The molecule has 0 bridgehead atoms. The van der Waals surface area contributed by atoms with E-state index in [0.29, 0.717) is 5.92 Å². The summed E-state index contributed by atoms with van der Waals surface area (Å²) in [5.41, 5.74) is 3.31. The third-order valence-electron chi connectivity index (χ3n) is 2.61. The molecule has 0 fully saturated rings. The van der Waals surface area contributed by atoms with Gasteiger partial charge in [0.2, 0.25) is 0 Å². The molecule has 0 unspecified atom stereocenters. The van der Waals surface area contributed by atoms with Crippen molar-refractivity contribution in [1.82, 2.24) is 4.98 Å². The molecule has 1 aromatic heterocycles. The summed E-state index contributed by atoms with van der Waals surface area (Å²) in [5, 5.41) is 0. The topological polar surface area (TPSA) is 32.9 Å². The number of rotatable bonds is 2. The van der Waals surface area contributed by atoms with Crippen molar-refractivity contribution in [2.45, 2.75) is 26.7 Å². The second kappa shape index (κ2) is 4.26. The number of aromatic amines is 1. The number of aryl methyl sites for hydroxylation is 1. The van der Waals surface area contributed by atoms with Gasteiger partial charge in [0, 0.05) is 10.4 Å². The minimum atomic E-state index is 0.0296. The third kappa shape index (κ3) is 1.95. The van der Waals surface area contributed by atoms with Gasteiger partial charge < -0.3 is 4.98 Å². The molecular weight excluding hydrogens is 218 g/mol. The molecule has 0 aliphatic rings. The molecule has 0 aliphatic carbocycles. The van der Waals surface area contributed by atoms with Crippen LogP contribution in [0.2, 0.25) is 0 Å². The van der Waals surface area contributed by atoms with E-state index in [1.54, 1.807) is 0 Å². The van der Waals surface area contributed by atoms with Crippen LogP contribution in [0.15, 0.2) is 29.1 Å². The van der Waals surface area contributed by atoms with Crippen LogP contribution >= 0.6 is 11.3 Å². The Morgan fingerprint density at radius 3 is 2.56 bits per heavy atom. The smallest absolute Gasteiger partial charge is 0.305 e. The number of aromatic nitrogens is 1.